The van der Waals surface area contributed by atoms with E-state index >= 15 is 0 Å². The summed E-state index contributed by atoms with van der Waals surface area (Å²) in [4.78, 5) is 0. The lowest BCUT2D eigenvalue weighted by molar-refractivity contribution is 0.132. The number of nitrogens with zero attached hydrogens (tertiary/aromatic N) is 1. The SMILES string of the molecule is Cc1ccc(NCCOCCC(C)C)c(C#N)c1. The van der Waals surface area contributed by atoms with E-state index in [1.165, 1.54) is 0 Å². The lowest BCUT2D eigenvalue weighted by Crippen LogP contribution is -2.11. The maximum Gasteiger partial charge on any atom is 0.101 e. The average Bonchev–Trinajstić information content (AvgIpc) is 2.34. The molecule has 0 saturated carbocycles. The van der Waals surface area contributed by atoms with Gasteiger partial charge in [-0.3, -0.25) is 0 Å². The lowest BCUT2D eigenvalue weighted by atomic mass is 10.1. The largest absolute Gasteiger partial charge is 0.382 e. The van der Waals surface area contributed by atoms with Gasteiger partial charge in [0.25, 0.3) is 0 Å². The summed E-state index contributed by atoms with van der Waals surface area (Å²) in [5.74, 6) is 0.681. The van der Waals surface area contributed by atoms with Crippen LogP contribution in [0, 0.1) is 24.2 Å². The Morgan fingerprint density at radius 1 is 1.33 bits per heavy atom. The first-order chi connectivity index (χ1) is 8.63. The molecular weight excluding hydrogens is 224 g/mol. The molecule has 0 aliphatic heterocycles. The molecule has 0 amide bonds. The molecule has 0 heterocycles. The monoisotopic (exact) mass is 246 g/mol. The summed E-state index contributed by atoms with van der Waals surface area (Å²) in [6.45, 7) is 8.57. The number of anilines is 1. The van der Waals surface area contributed by atoms with E-state index < -0.39 is 0 Å². The molecule has 3 heteroatoms. The van der Waals surface area contributed by atoms with Crippen molar-refractivity contribution in [3.05, 3.63) is 29.3 Å². The Bertz CT molecular complexity index is 407. The molecule has 0 atom stereocenters. The van der Waals surface area contributed by atoms with Crippen molar-refractivity contribution in [2.24, 2.45) is 5.92 Å². The highest BCUT2D eigenvalue weighted by Gasteiger charge is 2.01. The van der Waals surface area contributed by atoms with Crippen molar-refractivity contribution in [1.29, 1.82) is 5.26 Å². The molecule has 1 N–H and O–H groups in total. The molecule has 0 aromatic heterocycles. The Kier molecular flexibility index (Phi) is 6.24. The van der Waals surface area contributed by atoms with Crippen LogP contribution in [0.15, 0.2) is 18.2 Å². The highest BCUT2D eigenvalue weighted by atomic mass is 16.5. The zero-order chi connectivity index (χ0) is 13.4. The van der Waals surface area contributed by atoms with Gasteiger partial charge in [-0.15, -0.1) is 0 Å². The van der Waals surface area contributed by atoms with E-state index in [-0.39, 0.29) is 0 Å². The molecule has 0 fully saturated rings. The Morgan fingerprint density at radius 2 is 2.11 bits per heavy atom. The quantitative estimate of drug-likeness (QED) is 0.750. The van der Waals surface area contributed by atoms with Crippen LogP contribution < -0.4 is 5.32 Å². The van der Waals surface area contributed by atoms with Crippen LogP contribution in [0.1, 0.15) is 31.4 Å². The van der Waals surface area contributed by atoms with E-state index in [0.29, 0.717) is 18.1 Å². The molecule has 0 aliphatic rings. The van der Waals surface area contributed by atoms with Crippen molar-refractivity contribution in [1.82, 2.24) is 0 Å². The van der Waals surface area contributed by atoms with Gasteiger partial charge in [0.05, 0.1) is 17.9 Å². The lowest BCUT2D eigenvalue weighted by Gasteiger charge is -2.10. The van der Waals surface area contributed by atoms with E-state index in [9.17, 15) is 0 Å². The molecule has 98 valence electrons. The summed E-state index contributed by atoms with van der Waals surface area (Å²) in [5.41, 5.74) is 2.68. The molecule has 0 spiro atoms. The van der Waals surface area contributed by atoms with Crippen molar-refractivity contribution < 1.29 is 4.74 Å². The normalized spacial score (nSPS) is 10.4. The molecular formula is C15H22N2O. The second kappa shape index (κ2) is 7.73. The smallest absolute Gasteiger partial charge is 0.101 e. The summed E-state index contributed by atoms with van der Waals surface area (Å²) in [6.07, 6.45) is 1.09. The zero-order valence-electron chi connectivity index (χ0n) is 11.5. The van der Waals surface area contributed by atoms with Crippen molar-refractivity contribution >= 4 is 5.69 Å². The van der Waals surface area contributed by atoms with E-state index in [1.807, 2.05) is 25.1 Å². The zero-order valence-corrected chi connectivity index (χ0v) is 11.5. The third-order valence-electron chi connectivity index (χ3n) is 2.70. The van der Waals surface area contributed by atoms with Gasteiger partial charge in [0.1, 0.15) is 6.07 Å². The number of hydrogen-bond donors (Lipinski definition) is 1. The van der Waals surface area contributed by atoms with E-state index in [0.717, 1.165) is 30.8 Å². The fourth-order valence-corrected chi connectivity index (χ4v) is 1.58. The van der Waals surface area contributed by atoms with E-state index in [1.54, 1.807) is 0 Å². The fraction of sp³-hybridized carbons (Fsp3) is 0.533. The van der Waals surface area contributed by atoms with Crippen molar-refractivity contribution in [2.75, 3.05) is 25.1 Å². The van der Waals surface area contributed by atoms with Crippen LogP contribution in [0.2, 0.25) is 0 Å². The minimum Gasteiger partial charge on any atom is -0.382 e. The molecule has 18 heavy (non-hydrogen) atoms. The highest BCUT2D eigenvalue weighted by molar-refractivity contribution is 5.58. The summed E-state index contributed by atoms with van der Waals surface area (Å²) >= 11 is 0. The molecule has 1 rings (SSSR count). The second-order valence-corrected chi connectivity index (χ2v) is 4.88. The molecule has 0 saturated heterocycles. The predicted molar refractivity (Wildman–Crippen MR) is 74.7 cm³/mol. The Hall–Kier alpha value is -1.53. The number of nitrogens with one attached hydrogen (secondary N) is 1. The molecule has 0 radical (unpaired) electrons. The van der Waals surface area contributed by atoms with Gasteiger partial charge in [0, 0.05) is 13.2 Å². The average molecular weight is 246 g/mol. The number of benzene rings is 1. The van der Waals surface area contributed by atoms with Crippen LogP contribution in [0.3, 0.4) is 0 Å². The van der Waals surface area contributed by atoms with Gasteiger partial charge in [-0.2, -0.15) is 5.26 Å². The van der Waals surface area contributed by atoms with Gasteiger partial charge in [-0.05, 0) is 37.0 Å². The van der Waals surface area contributed by atoms with E-state index in [2.05, 4.69) is 25.2 Å². The summed E-state index contributed by atoms with van der Waals surface area (Å²) in [5, 5.41) is 12.3. The molecule has 0 unspecified atom stereocenters. The van der Waals surface area contributed by atoms with Crippen LogP contribution in [0.4, 0.5) is 5.69 Å². The highest BCUT2D eigenvalue weighted by Crippen LogP contribution is 2.15. The first-order valence-electron chi connectivity index (χ1n) is 6.46. The van der Waals surface area contributed by atoms with Crippen molar-refractivity contribution in [3.63, 3.8) is 0 Å². The van der Waals surface area contributed by atoms with Crippen LogP contribution in [0.25, 0.3) is 0 Å². The molecule has 3 nitrogen and oxygen atoms in total. The molecule has 0 bridgehead atoms. The van der Waals surface area contributed by atoms with Crippen molar-refractivity contribution in [3.8, 4) is 6.07 Å². The Balaban J connectivity index is 2.29. The second-order valence-electron chi connectivity index (χ2n) is 4.88. The first-order valence-corrected chi connectivity index (χ1v) is 6.46. The maximum atomic E-state index is 9.02. The minimum absolute atomic E-state index is 0.672. The number of ether oxygens (including phenoxy) is 1. The van der Waals surface area contributed by atoms with Gasteiger partial charge in [0.2, 0.25) is 0 Å². The van der Waals surface area contributed by atoms with Crippen LogP contribution in [-0.4, -0.2) is 19.8 Å². The van der Waals surface area contributed by atoms with E-state index in [4.69, 9.17) is 10.00 Å². The minimum atomic E-state index is 0.672. The number of aryl methyl sites for hydroxylation is 1. The van der Waals surface area contributed by atoms with Gasteiger partial charge in [0.15, 0.2) is 0 Å². The van der Waals surface area contributed by atoms with Gasteiger partial charge in [-0.1, -0.05) is 19.9 Å². The summed E-state index contributed by atoms with van der Waals surface area (Å²) in [6, 6.07) is 8.04. The van der Waals surface area contributed by atoms with Gasteiger partial charge in [-0.25, -0.2) is 0 Å². The third-order valence-corrected chi connectivity index (χ3v) is 2.70. The number of hydrogen-bond acceptors (Lipinski definition) is 3. The molecule has 1 aromatic carbocycles. The van der Waals surface area contributed by atoms with Crippen LogP contribution in [0.5, 0.6) is 0 Å². The Morgan fingerprint density at radius 3 is 2.78 bits per heavy atom. The van der Waals surface area contributed by atoms with Crippen LogP contribution in [-0.2, 0) is 4.74 Å². The van der Waals surface area contributed by atoms with Gasteiger partial charge >= 0.3 is 0 Å². The maximum absolute atomic E-state index is 9.02. The third kappa shape index (κ3) is 5.20. The van der Waals surface area contributed by atoms with Crippen LogP contribution >= 0.6 is 0 Å². The fourth-order valence-electron chi connectivity index (χ4n) is 1.58. The summed E-state index contributed by atoms with van der Waals surface area (Å²) in [7, 11) is 0. The predicted octanol–water partition coefficient (Wildman–Crippen LogP) is 3.34. The molecule has 1 aromatic rings. The standard InChI is InChI=1S/C15H22N2O/c1-12(2)6-8-18-9-7-17-15-5-4-13(3)10-14(15)11-16/h4-5,10,12,17H,6-9H2,1-3H3. The number of nitriles is 1. The summed E-state index contributed by atoms with van der Waals surface area (Å²) < 4.78 is 5.52. The van der Waals surface area contributed by atoms with Gasteiger partial charge < -0.3 is 10.1 Å². The Labute approximate surface area is 110 Å². The topological polar surface area (TPSA) is 45.0 Å². The first kappa shape index (κ1) is 14.5. The number of rotatable bonds is 7. The molecule has 0 aliphatic carbocycles. The van der Waals surface area contributed by atoms with Crippen molar-refractivity contribution in [2.45, 2.75) is 27.2 Å².